The van der Waals surface area contributed by atoms with Crippen LogP contribution in [0.25, 0.3) is 56.0 Å². The van der Waals surface area contributed by atoms with E-state index in [1.807, 2.05) is 26.0 Å². The van der Waals surface area contributed by atoms with Crippen LogP contribution in [0.15, 0.2) is 88.8 Å². The number of hydrogen-bond acceptors (Lipinski definition) is 1. The monoisotopic (exact) mass is 454 g/mol. The predicted molar refractivity (Wildman–Crippen MR) is 136 cm³/mol. The maximum absolute atomic E-state index is 6.30. The lowest BCUT2D eigenvalue weighted by molar-refractivity contribution is 0.669. The highest BCUT2D eigenvalue weighted by molar-refractivity contribution is 9.10. The van der Waals surface area contributed by atoms with Crippen LogP contribution in [0.4, 0.5) is 0 Å². The van der Waals surface area contributed by atoms with Gasteiger partial charge in [-0.25, -0.2) is 0 Å². The average Bonchev–Trinajstić information content (AvgIpc) is 3.15. The van der Waals surface area contributed by atoms with Crippen LogP contribution in [0.2, 0.25) is 0 Å². The standard InChI is InChI=1S/C26H17BrO.C2H6/c1-3-16-14-24-26(25(21(16)4-2)17-9-11-20(27)12-10-17)22-13-18-7-5-6-8-19(18)15-23(22)28-24;1-2/h3-15H,1-2H2;1-2H3. The molecule has 1 heterocycles. The summed E-state index contributed by atoms with van der Waals surface area (Å²) in [6, 6.07) is 23.1. The Morgan fingerprint density at radius 3 is 2.10 bits per heavy atom. The number of halogens is 1. The summed E-state index contributed by atoms with van der Waals surface area (Å²) in [6.45, 7) is 12.1. The predicted octanol–water partition coefficient (Wildman–Crippen LogP) is 9.48. The van der Waals surface area contributed by atoms with Crippen molar-refractivity contribution < 1.29 is 4.42 Å². The molecule has 0 aliphatic rings. The summed E-state index contributed by atoms with van der Waals surface area (Å²) in [4.78, 5) is 0. The Morgan fingerprint density at radius 1 is 0.800 bits per heavy atom. The minimum atomic E-state index is 0.865. The third-order valence-electron chi connectivity index (χ3n) is 5.26. The number of furan rings is 1. The first-order valence-corrected chi connectivity index (χ1v) is 10.9. The zero-order valence-electron chi connectivity index (χ0n) is 17.2. The smallest absolute Gasteiger partial charge is 0.136 e. The van der Waals surface area contributed by atoms with Crippen molar-refractivity contribution in [3.05, 3.63) is 95.5 Å². The van der Waals surface area contributed by atoms with Gasteiger partial charge < -0.3 is 4.42 Å². The topological polar surface area (TPSA) is 13.1 Å². The fraction of sp³-hybridized carbons (Fsp3) is 0.0714. The van der Waals surface area contributed by atoms with Crippen molar-refractivity contribution in [1.82, 2.24) is 0 Å². The van der Waals surface area contributed by atoms with Crippen molar-refractivity contribution in [2.45, 2.75) is 13.8 Å². The van der Waals surface area contributed by atoms with Gasteiger partial charge in [-0.3, -0.25) is 0 Å². The van der Waals surface area contributed by atoms with Gasteiger partial charge in [0.2, 0.25) is 0 Å². The Balaban J connectivity index is 0.00000106. The molecule has 4 aromatic carbocycles. The molecule has 0 aliphatic heterocycles. The van der Waals surface area contributed by atoms with Gasteiger partial charge in [0.05, 0.1) is 0 Å². The number of hydrogen-bond donors (Lipinski definition) is 0. The summed E-state index contributed by atoms with van der Waals surface area (Å²) in [5.41, 5.74) is 6.10. The van der Waals surface area contributed by atoms with E-state index < -0.39 is 0 Å². The van der Waals surface area contributed by atoms with E-state index in [1.165, 1.54) is 10.8 Å². The van der Waals surface area contributed by atoms with E-state index in [1.54, 1.807) is 0 Å². The minimum absolute atomic E-state index is 0.865. The minimum Gasteiger partial charge on any atom is -0.456 e. The summed E-state index contributed by atoms with van der Waals surface area (Å²) in [7, 11) is 0. The lowest BCUT2D eigenvalue weighted by atomic mass is 9.90. The van der Waals surface area contributed by atoms with E-state index in [0.29, 0.717) is 0 Å². The van der Waals surface area contributed by atoms with Crippen LogP contribution in [0.1, 0.15) is 25.0 Å². The fourth-order valence-electron chi connectivity index (χ4n) is 3.96. The molecule has 0 bridgehead atoms. The molecule has 0 aliphatic carbocycles. The normalized spacial score (nSPS) is 10.8. The molecule has 5 aromatic rings. The van der Waals surface area contributed by atoms with E-state index in [2.05, 4.69) is 95.8 Å². The van der Waals surface area contributed by atoms with Crippen LogP contribution in [0, 0.1) is 0 Å². The largest absolute Gasteiger partial charge is 0.456 e. The van der Waals surface area contributed by atoms with Crippen molar-refractivity contribution >= 4 is 60.8 Å². The third kappa shape index (κ3) is 3.28. The molecular formula is C28H23BrO. The molecule has 1 nitrogen and oxygen atoms in total. The fourth-order valence-corrected chi connectivity index (χ4v) is 4.23. The number of rotatable bonds is 3. The van der Waals surface area contributed by atoms with Gasteiger partial charge in [0.25, 0.3) is 0 Å². The van der Waals surface area contributed by atoms with Crippen molar-refractivity contribution in [1.29, 1.82) is 0 Å². The van der Waals surface area contributed by atoms with E-state index in [0.717, 1.165) is 48.7 Å². The maximum Gasteiger partial charge on any atom is 0.136 e. The summed E-state index contributed by atoms with van der Waals surface area (Å²) in [6.07, 6.45) is 3.77. The van der Waals surface area contributed by atoms with Gasteiger partial charge in [-0.05, 0) is 57.8 Å². The third-order valence-corrected chi connectivity index (χ3v) is 5.79. The SMILES string of the molecule is C=Cc1cc2oc3cc4ccccc4cc3c2c(-c2ccc(Br)cc2)c1C=C.CC. The molecule has 0 saturated carbocycles. The van der Waals surface area contributed by atoms with Crippen molar-refractivity contribution in [2.75, 3.05) is 0 Å². The second kappa shape index (κ2) is 8.33. The van der Waals surface area contributed by atoms with Gasteiger partial charge in [-0.2, -0.15) is 0 Å². The van der Waals surface area contributed by atoms with Gasteiger partial charge in [0.15, 0.2) is 0 Å². The van der Waals surface area contributed by atoms with Crippen LogP contribution in [-0.4, -0.2) is 0 Å². The van der Waals surface area contributed by atoms with Gasteiger partial charge in [0, 0.05) is 20.8 Å². The van der Waals surface area contributed by atoms with Crippen LogP contribution >= 0.6 is 15.9 Å². The number of fused-ring (bicyclic) bond motifs is 4. The molecule has 0 spiro atoms. The highest BCUT2D eigenvalue weighted by atomic mass is 79.9. The molecule has 148 valence electrons. The second-order valence-electron chi connectivity index (χ2n) is 6.84. The van der Waals surface area contributed by atoms with Gasteiger partial charge in [-0.15, -0.1) is 0 Å². The Labute approximate surface area is 185 Å². The lowest BCUT2D eigenvalue weighted by Gasteiger charge is -2.12. The Bertz CT molecular complexity index is 1390. The Hall–Kier alpha value is -3.10. The molecule has 30 heavy (non-hydrogen) atoms. The molecule has 0 N–H and O–H groups in total. The molecule has 0 saturated heterocycles. The van der Waals surface area contributed by atoms with Crippen LogP contribution in [0.3, 0.4) is 0 Å². The quantitative estimate of drug-likeness (QED) is 0.264. The summed E-state index contributed by atoms with van der Waals surface area (Å²) in [5.74, 6) is 0. The van der Waals surface area contributed by atoms with E-state index in [-0.39, 0.29) is 0 Å². The summed E-state index contributed by atoms with van der Waals surface area (Å²) >= 11 is 3.54. The molecule has 0 atom stereocenters. The molecule has 5 rings (SSSR count). The van der Waals surface area contributed by atoms with Crippen molar-refractivity contribution in [2.24, 2.45) is 0 Å². The first-order valence-electron chi connectivity index (χ1n) is 10.1. The first-order chi connectivity index (χ1) is 14.7. The molecule has 2 heteroatoms. The van der Waals surface area contributed by atoms with E-state index in [9.17, 15) is 0 Å². The zero-order chi connectivity index (χ0) is 21.3. The highest BCUT2D eigenvalue weighted by Gasteiger charge is 2.18. The molecule has 0 radical (unpaired) electrons. The number of benzene rings is 4. The van der Waals surface area contributed by atoms with Crippen LogP contribution in [0.5, 0.6) is 0 Å². The summed E-state index contributed by atoms with van der Waals surface area (Å²) in [5, 5.41) is 4.61. The Kier molecular flexibility index (Phi) is 5.61. The van der Waals surface area contributed by atoms with Crippen molar-refractivity contribution in [3.63, 3.8) is 0 Å². The van der Waals surface area contributed by atoms with Gasteiger partial charge >= 0.3 is 0 Å². The zero-order valence-corrected chi connectivity index (χ0v) is 18.8. The molecule has 1 aromatic heterocycles. The first kappa shape index (κ1) is 20.2. The molecular weight excluding hydrogens is 432 g/mol. The van der Waals surface area contributed by atoms with Gasteiger partial charge in [-0.1, -0.05) is 91.5 Å². The summed E-state index contributed by atoms with van der Waals surface area (Å²) < 4.78 is 7.35. The lowest BCUT2D eigenvalue weighted by Crippen LogP contribution is -1.89. The average molecular weight is 455 g/mol. The highest BCUT2D eigenvalue weighted by Crippen LogP contribution is 2.42. The maximum atomic E-state index is 6.30. The Morgan fingerprint density at radius 2 is 1.47 bits per heavy atom. The van der Waals surface area contributed by atoms with E-state index in [4.69, 9.17) is 4.42 Å². The van der Waals surface area contributed by atoms with E-state index >= 15 is 0 Å². The van der Waals surface area contributed by atoms with Gasteiger partial charge in [0.1, 0.15) is 11.2 Å². The van der Waals surface area contributed by atoms with Crippen molar-refractivity contribution in [3.8, 4) is 11.1 Å². The van der Waals surface area contributed by atoms with Crippen LogP contribution in [-0.2, 0) is 0 Å². The second-order valence-corrected chi connectivity index (χ2v) is 7.76. The van der Waals surface area contributed by atoms with Crippen LogP contribution < -0.4 is 0 Å². The molecule has 0 amide bonds. The molecule has 0 unspecified atom stereocenters. The molecule has 0 fully saturated rings.